The van der Waals surface area contributed by atoms with Gasteiger partial charge in [-0.25, -0.2) is 9.97 Å². The fourth-order valence-corrected chi connectivity index (χ4v) is 9.38. The van der Waals surface area contributed by atoms with Gasteiger partial charge >= 0.3 is 0 Å². The zero-order valence-corrected chi connectivity index (χ0v) is 34.6. The molecule has 0 aliphatic rings. The maximum absolute atomic E-state index is 11.2. The highest BCUT2D eigenvalue weighted by Crippen LogP contribution is 2.42. The molecule has 0 unspecified atom stereocenters. The summed E-state index contributed by atoms with van der Waals surface area (Å²) in [6, 6.07) is 80.9. The van der Waals surface area contributed by atoms with Crippen molar-refractivity contribution in [1.29, 1.82) is 5.26 Å². The summed E-state index contributed by atoms with van der Waals surface area (Å²) in [7, 11) is 0. The van der Waals surface area contributed by atoms with Gasteiger partial charge in [0.1, 0.15) is 0 Å². The summed E-state index contributed by atoms with van der Waals surface area (Å²) in [5, 5.41) is 15.8. The summed E-state index contributed by atoms with van der Waals surface area (Å²) in [5.74, 6) is 0.478. The minimum absolute atomic E-state index is 0.474. The van der Waals surface area contributed by atoms with Gasteiger partial charge in [-0.05, 0) is 76.9 Å². The number of hydrogen-bond donors (Lipinski definition) is 0. The Morgan fingerprint density at radius 2 is 0.719 bits per heavy atom. The Kier molecular flexibility index (Phi) is 8.81. The number of benzene rings is 9. The van der Waals surface area contributed by atoms with Crippen molar-refractivity contribution in [3.8, 4) is 73.6 Å². The number of hydrogen-bond acceptors (Lipinski definition) is 3. The van der Waals surface area contributed by atoms with E-state index in [2.05, 4.69) is 191 Å². The van der Waals surface area contributed by atoms with Crippen LogP contribution in [0.25, 0.3) is 111 Å². The Morgan fingerprint density at radius 3 is 1.17 bits per heavy atom. The molecule has 3 heterocycles. The normalized spacial score (nSPS) is 11.4. The van der Waals surface area contributed by atoms with Gasteiger partial charge in [-0.2, -0.15) is 5.26 Å². The van der Waals surface area contributed by atoms with Crippen LogP contribution >= 0.6 is 0 Å². The zero-order valence-electron chi connectivity index (χ0n) is 34.6. The molecule has 12 aromatic rings. The molecule has 298 valence electrons. The lowest BCUT2D eigenvalue weighted by Gasteiger charge is -2.19. The number of nitriles is 1. The predicted octanol–water partition coefficient (Wildman–Crippen LogP) is 14.9. The lowest BCUT2D eigenvalue weighted by Crippen LogP contribution is -2.06. The third-order valence-electron chi connectivity index (χ3n) is 12.4. The molecule has 3 aromatic heterocycles. The number of rotatable bonds is 7. The molecule has 5 heteroatoms. The van der Waals surface area contributed by atoms with E-state index < -0.39 is 0 Å². The molecule has 0 radical (unpaired) electrons. The van der Waals surface area contributed by atoms with Gasteiger partial charge < -0.3 is 9.13 Å². The molecule has 0 aliphatic carbocycles. The molecule has 0 amide bonds. The Hall–Kier alpha value is -8.85. The molecule has 5 nitrogen and oxygen atoms in total. The molecule has 0 atom stereocenters. The Labute approximate surface area is 370 Å². The van der Waals surface area contributed by atoms with E-state index in [-0.39, 0.29) is 0 Å². The quantitative estimate of drug-likeness (QED) is 0.161. The summed E-state index contributed by atoms with van der Waals surface area (Å²) in [5.41, 5.74) is 15.2. The van der Waals surface area contributed by atoms with Crippen LogP contribution < -0.4 is 0 Å². The Balaban J connectivity index is 1.19. The molecule has 0 N–H and O–H groups in total. The van der Waals surface area contributed by atoms with Crippen molar-refractivity contribution in [2.45, 2.75) is 0 Å². The highest BCUT2D eigenvalue weighted by Gasteiger charge is 2.24. The fraction of sp³-hybridized carbons (Fsp3) is 0. The van der Waals surface area contributed by atoms with Gasteiger partial charge in [0.2, 0.25) is 0 Å². The maximum Gasteiger partial charge on any atom is 0.161 e. The van der Waals surface area contributed by atoms with E-state index >= 15 is 0 Å². The SMILES string of the molecule is N#Cc1cc(-n2c3ccccc3c3cc(-c4ccccc4)ccc32)c(-n2c3ccccc3c3cc(-c4ccccc4)ccc32)cc1-c1nc(-c2ccccc2)cc(-c2ccccc2)n1. The second-order valence-electron chi connectivity index (χ2n) is 16.1. The molecular weight excluding hydrogens is 779 g/mol. The second kappa shape index (κ2) is 15.3. The van der Waals surface area contributed by atoms with Gasteiger partial charge in [0.25, 0.3) is 0 Å². The molecule has 0 bridgehead atoms. The first-order chi connectivity index (χ1) is 31.7. The molecule has 0 saturated carbocycles. The standard InChI is InChI=1S/C59H37N5/c60-38-45-35-57(63-53-27-15-13-25-46(53)49-33-43(29-31-55(49)63)39-17-5-1-6-18-39)58(64-54-28-16-14-26-47(54)50-34-44(30-32-56(50)64)40-19-7-2-8-20-40)36-48(45)59-61-51(41-21-9-3-10-22-41)37-52(62-59)42-23-11-4-12-24-42/h1-37H. The van der Waals surface area contributed by atoms with E-state index in [1.807, 2.05) is 48.5 Å². The Morgan fingerprint density at radius 1 is 0.328 bits per heavy atom. The predicted molar refractivity (Wildman–Crippen MR) is 263 cm³/mol. The maximum atomic E-state index is 11.2. The molecule has 0 aliphatic heterocycles. The lowest BCUT2D eigenvalue weighted by molar-refractivity contribution is 1.09. The molecule has 64 heavy (non-hydrogen) atoms. The largest absolute Gasteiger partial charge is 0.307 e. The molecule has 0 fully saturated rings. The van der Waals surface area contributed by atoms with Crippen LogP contribution in [-0.4, -0.2) is 19.1 Å². The highest BCUT2D eigenvalue weighted by molar-refractivity contribution is 6.13. The zero-order chi connectivity index (χ0) is 42.6. The van der Waals surface area contributed by atoms with Crippen LogP contribution in [-0.2, 0) is 0 Å². The van der Waals surface area contributed by atoms with Gasteiger partial charge in [-0.1, -0.05) is 170 Å². The van der Waals surface area contributed by atoms with Crippen LogP contribution in [0.15, 0.2) is 224 Å². The molecule has 0 saturated heterocycles. The summed E-state index contributed by atoms with van der Waals surface area (Å²) < 4.78 is 4.69. The first kappa shape index (κ1) is 37.0. The first-order valence-electron chi connectivity index (χ1n) is 21.5. The van der Waals surface area contributed by atoms with Crippen molar-refractivity contribution in [2.75, 3.05) is 0 Å². The minimum atomic E-state index is 0.474. The number of para-hydroxylation sites is 2. The summed E-state index contributed by atoms with van der Waals surface area (Å²) in [6.45, 7) is 0. The van der Waals surface area contributed by atoms with Crippen LogP contribution in [0.3, 0.4) is 0 Å². The van der Waals surface area contributed by atoms with Crippen LogP contribution in [0.5, 0.6) is 0 Å². The van der Waals surface area contributed by atoms with Crippen molar-refractivity contribution in [1.82, 2.24) is 19.1 Å². The molecule has 0 spiro atoms. The topological polar surface area (TPSA) is 59.4 Å². The van der Waals surface area contributed by atoms with Gasteiger partial charge in [0, 0.05) is 38.2 Å². The monoisotopic (exact) mass is 815 g/mol. The van der Waals surface area contributed by atoms with E-state index in [1.165, 1.54) is 0 Å². The van der Waals surface area contributed by atoms with Crippen molar-refractivity contribution in [3.05, 3.63) is 230 Å². The van der Waals surface area contributed by atoms with E-state index in [0.29, 0.717) is 17.0 Å². The van der Waals surface area contributed by atoms with Crippen molar-refractivity contribution in [2.24, 2.45) is 0 Å². The van der Waals surface area contributed by atoms with Crippen LogP contribution in [0.2, 0.25) is 0 Å². The molecule has 9 aromatic carbocycles. The second-order valence-corrected chi connectivity index (χ2v) is 16.1. The smallest absolute Gasteiger partial charge is 0.161 e. The van der Waals surface area contributed by atoms with Crippen LogP contribution in [0.4, 0.5) is 0 Å². The summed E-state index contributed by atoms with van der Waals surface area (Å²) in [4.78, 5) is 10.5. The third-order valence-corrected chi connectivity index (χ3v) is 12.4. The number of nitrogens with zero attached hydrogens (tertiary/aromatic N) is 5. The fourth-order valence-electron chi connectivity index (χ4n) is 9.38. The van der Waals surface area contributed by atoms with Crippen LogP contribution in [0.1, 0.15) is 5.56 Å². The third kappa shape index (κ3) is 6.16. The number of aromatic nitrogens is 4. The average molecular weight is 816 g/mol. The minimum Gasteiger partial charge on any atom is -0.307 e. The van der Waals surface area contributed by atoms with Gasteiger partial charge in [0.05, 0.1) is 56.5 Å². The summed E-state index contributed by atoms with van der Waals surface area (Å²) in [6.07, 6.45) is 0. The average Bonchev–Trinajstić information content (AvgIpc) is 3.89. The number of fused-ring (bicyclic) bond motifs is 6. The summed E-state index contributed by atoms with van der Waals surface area (Å²) >= 11 is 0. The molecular formula is C59H37N5. The van der Waals surface area contributed by atoms with Crippen LogP contribution in [0, 0.1) is 11.3 Å². The van der Waals surface area contributed by atoms with E-state index in [9.17, 15) is 5.26 Å². The van der Waals surface area contributed by atoms with E-state index in [1.54, 1.807) is 0 Å². The van der Waals surface area contributed by atoms with E-state index in [0.717, 1.165) is 99.8 Å². The Bertz CT molecular complexity index is 3710. The van der Waals surface area contributed by atoms with Gasteiger partial charge in [-0.3, -0.25) is 0 Å². The van der Waals surface area contributed by atoms with E-state index in [4.69, 9.17) is 9.97 Å². The van der Waals surface area contributed by atoms with Gasteiger partial charge in [-0.15, -0.1) is 0 Å². The van der Waals surface area contributed by atoms with Crippen molar-refractivity contribution in [3.63, 3.8) is 0 Å². The van der Waals surface area contributed by atoms with Crippen molar-refractivity contribution < 1.29 is 0 Å². The molecule has 12 rings (SSSR count). The first-order valence-corrected chi connectivity index (χ1v) is 21.5. The lowest BCUT2D eigenvalue weighted by atomic mass is 10.0. The van der Waals surface area contributed by atoms with Crippen molar-refractivity contribution >= 4 is 43.6 Å². The highest BCUT2D eigenvalue weighted by atomic mass is 15.1. The van der Waals surface area contributed by atoms with Gasteiger partial charge in [0.15, 0.2) is 5.82 Å².